The number of piperazine rings is 1. The molecule has 202 valence electrons. The monoisotopic (exact) mass is 516 g/mol. The standard InChI is InChI=1S/C30H40N6O2/c1-5-27(37)35-15-16-36(21(2)18-35)28-24-19-34(4)30(13-12-22-9-6-7-11-25(22)30)17-26(24)31-29(32-28)38-20-23-10-8-14-33(23)3/h5-7,9,11,21,23H,1,8,10,12-20H2,2-4H3/t21-,23-,30?/m0/s1. The van der Waals surface area contributed by atoms with Crippen LogP contribution in [0.25, 0.3) is 0 Å². The molecule has 1 aliphatic carbocycles. The van der Waals surface area contributed by atoms with Gasteiger partial charge in [-0.1, -0.05) is 30.8 Å². The molecule has 4 aliphatic rings. The molecule has 2 aromatic rings. The van der Waals surface area contributed by atoms with Crippen molar-refractivity contribution < 1.29 is 9.53 Å². The second-order valence-corrected chi connectivity index (χ2v) is 11.6. The van der Waals surface area contributed by atoms with E-state index in [9.17, 15) is 4.79 Å². The van der Waals surface area contributed by atoms with Crippen molar-refractivity contribution in [3.05, 3.63) is 59.3 Å². The van der Waals surface area contributed by atoms with E-state index < -0.39 is 0 Å². The predicted octanol–water partition coefficient (Wildman–Crippen LogP) is 3.00. The third kappa shape index (κ3) is 4.28. The zero-order chi connectivity index (χ0) is 26.4. The van der Waals surface area contributed by atoms with Crippen LogP contribution in [0.1, 0.15) is 48.6 Å². The van der Waals surface area contributed by atoms with Crippen LogP contribution in [0.15, 0.2) is 36.9 Å². The summed E-state index contributed by atoms with van der Waals surface area (Å²) in [4.78, 5) is 31.6. The van der Waals surface area contributed by atoms with Crippen molar-refractivity contribution in [1.82, 2.24) is 24.7 Å². The molecule has 4 heterocycles. The number of anilines is 1. The highest BCUT2D eigenvalue weighted by molar-refractivity contribution is 5.87. The molecular weight excluding hydrogens is 476 g/mol. The van der Waals surface area contributed by atoms with Gasteiger partial charge in [0.15, 0.2) is 0 Å². The third-order valence-corrected chi connectivity index (χ3v) is 9.43. The lowest BCUT2D eigenvalue weighted by atomic mass is 9.81. The molecule has 3 atom stereocenters. The van der Waals surface area contributed by atoms with Crippen molar-refractivity contribution in [2.24, 2.45) is 0 Å². The Labute approximate surface area is 226 Å². The zero-order valence-electron chi connectivity index (χ0n) is 23.0. The average molecular weight is 517 g/mol. The van der Waals surface area contributed by atoms with Gasteiger partial charge in [-0.3, -0.25) is 9.69 Å². The van der Waals surface area contributed by atoms with Crippen LogP contribution in [-0.4, -0.2) is 89.5 Å². The lowest BCUT2D eigenvalue weighted by Crippen LogP contribution is -2.54. The minimum absolute atomic E-state index is 0.00695. The molecule has 0 N–H and O–H groups in total. The summed E-state index contributed by atoms with van der Waals surface area (Å²) in [6.45, 7) is 10.4. The van der Waals surface area contributed by atoms with Crippen LogP contribution in [0, 0.1) is 0 Å². The van der Waals surface area contributed by atoms with Gasteiger partial charge >= 0.3 is 6.01 Å². The molecule has 2 saturated heterocycles. The lowest BCUT2D eigenvalue weighted by molar-refractivity contribution is -0.126. The van der Waals surface area contributed by atoms with Crippen molar-refractivity contribution in [2.75, 3.05) is 51.8 Å². The molecule has 1 amide bonds. The van der Waals surface area contributed by atoms with Crippen LogP contribution in [0.5, 0.6) is 6.01 Å². The van der Waals surface area contributed by atoms with Crippen molar-refractivity contribution >= 4 is 11.7 Å². The number of ether oxygens (including phenoxy) is 1. The van der Waals surface area contributed by atoms with Crippen LogP contribution in [0.2, 0.25) is 0 Å². The van der Waals surface area contributed by atoms with Gasteiger partial charge in [-0.2, -0.15) is 9.97 Å². The number of carbonyl (C=O) groups excluding carboxylic acids is 1. The molecule has 0 bridgehead atoms. The SMILES string of the molecule is C=CC(=O)N1CCN(c2nc(OC[C@@H]3CCCN3C)nc3c2CN(C)C2(CCc4ccccc42)C3)[C@@H](C)C1. The Kier molecular flexibility index (Phi) is 6.64. The Morgan fingerprint density at radius 2 is 2.05 bits per heavy atom. The van der Waals surface area contributed by atoms with Gasteiger partial charge in [-0.15, -0.1) is 0 Å². The van der Waals surface area contributed by atoms with Crippen molar-refractivity contribution in [1.29, 1.82) is 0 Å². The number of fused-ring (bicyclic) bond motifs is 3. The summed E-state index contributed by atoms with van der Waals surface area (Å²) in [5.74, 6) is 0.962. The Bertz CT molecular complexity index is 1230. The van der Waals surface area contributed by atoms with E-state index in [4.69, 9.17) is 14.7 Å². The van der Waals surface area contributed by atoms with Gasteiger partial charge in [0.25, 0.3) is 0 Å². The number of amides is 1. The average Bonchev–Trinajstić information content (AvgIpc) is 3.51. The minimum atomic E-state index is -0.0428. The summed E-state index contributed by atoms with van der Waals surface area (Å²) < 4.78 is 6.34. The quantitative estimate of drug-likeness (QED) is 0.566. The second kappa shape index (κ2) is 9.97. The number of aromatic nitrogens is 2. The first-order valence-electron chi connectivity index (χ1n) is 14.1. The zero-order valence-corrected chi connectivity index (χ0v) is 23.0. The summed E-state index contributed by atoms with van der Waals surface area (Å²) in [5.41, 5.74) is 5.15. The van der Waals surface area contributed by atoms with Gasteiger partial charge in [-0.25, -0.2) is 0 Å². The van der Waals surface area contributed by atoms with Crippen LogP contribution < -0.4 is 9.64 Å². The highest BCUT2D eigenvalue weighted by Gasteiger charge is 2.46. The number of rotatable bonds is 5. The van der Waals surface area contributed by atoms with Gasteiger partial charge in [0.05, 0.1) is 11.2 Å². The molecule has 2 fully saturated rings. The molecule has 1 unspecified atom stereocenters. The molecule has 38 heavy (non-hydrogen) atoms. The van der Waals surface area contributed by atoms with Crippen LogP contribution >= 0.6 is 0 Å². The summed E-state index contributed by atoms with van der Waals surface area (Å²) in [6, 6.07) is 9.92. The number of likely N-dealkylation sites (tertiary alicyclic amines) is 1. The Morgan fingerprint density at radius 1 is 1.21 bits per heavy atom. The fraction of sp³-hybridized carbons (Fsp3) is 0.567. The number of carbonyl (C=O) groups is 1. The maximum Gasteiger partial charge on any atom is 0.318 e. The highest BCUT2D eigenvalue weighted by Crippen LogP contribution is 2.48. The van der Waals surface area contributed by atoms with E-state index in [2.05, 4.69) is 66.6 Å². The van der Waals surface area contributed by atoms with E-state index in [1.54, 1.807) is 0 Å². The number of aryl methyl sites for hydroxylation is 1. The van der Waals surface area contributed by atoms with Crippen molar-refractivity contribution in [3.63, 3.8) is 0 Å². The molecule has 6 rings (SSSR count). The number of benzene rings is 1. The maximum absolute atomic E-state index is 12.3. The molecule has 8 nitrogen and oxygen atoms in total. The minimum Gasteiger partial charge on any atom is -0.462 e. The predicted molar refractivity (Wildman–Crippen MR) is 148 cm³/mol. The van der Waals surface area contributed by atoms with Gasteiger partial charge in [0.2, 0.25) is 5.91 Å². The van der Waals surface area contributed by atoms with E-state index in [1.165, 1.54) is 29.2 Å². The van der Waals surface area contributed by atoms with E-state index in [1.807, 2.05) is 4.90 Å². The molecule has 1 spiro atoms. The molecule has 1 aromatic carbocycles. The summed E-state index contributed by atoms with van der Waals surface area (Å²) >= 11 is 0. The Balaban J connectivity index is 1.35. The topological polar surface area (TPSA) is 65.0 Å². The fourth-order valence-electron chi connectivity index (χ4n) is 7.12. The number of nitrogens with zero attached hydrogens (tertiary/aromatic N) is 6. The largest absolute Gasteiger partial charge is 0.462 e. The van der Waals surface area contributed by atoms with Gasteiger partial charge in [-0.05, 0) is 70.5 Å². The summed E-state index contributed by atoms with van der Waals surface area (Å²) in [6.07, 6.45) is 6.82. The van der Waals surface area contributed by atoms with E-state index >= 15 is 0 Å². The van der Waals surface area contributed by atoms with Gasteiger partial charge < -0.3 is 19.4 Å². The van der Waals surface area contributed by atoms with Crippen LogP contribution in [-0.2, 0) is 29.7 Å². The number of likely N-dealkylation sites (N-methyl/N-ethyl adjacent to an activating group) is 2. The smallest absolute Gasteiger partial charge is 0.318 e. The first kappa shape index (κ1) is 25.3. The molecular formula is C30H40N6O2. The Morgan fingerprint density at radius 3 is 2.82 bits per heavy atom. The number of hydrogen-bond acceptors (Lipinski definition) is 7. The van der Waals surface area contributed by atoms with Crippen molar-refractivity contribution in [2.45, 2.75) is 63.2 Å². The van der Waals surface area contributed by atoms with E-state index in [0.29, 0.717) is 31.7 Å². The van der Waals surface area contributed by atoms with Crippen molar-refractivity contribution in [3.8, 4) is 6.01 Å². The molecule has 0 radical (unpaired) electrons. The van der Waals surface area contributed by atoms with E-state index in [0.717, 1.165) is 56.8 Å². The molecule has 3 aliphatic heterocycles. The van der Waals surface area contributed by atoms with Gasteiger partial charge in [0.1, 0.15) is 12.4 Å². The second-order valence-electron chi connectivity index (χ2n) is 11.6. The Hall–Kier alpha value is -2.97. The number of hydrogen-bond donors (Lipinski definition) is 0. The molecule has 1 aromatic heterocycles. The van der Waals surface area contributed by atoms with Gasteiger partial charge in [0, 0.05) is 50.2 Å². The van der Waals surface area contributed by atoms with Crippen LogP contribution in [0.3, 0.4) is 0 Å². The first-order valence-corrected chi connectivity index (χ1v) is 14.1. The molecule has 0 saturated carbocycles. The summed E-state index contributed by atoms with van der Waals surface area (Å²) in [5, 5.41) is 0. The summed E-state index contributed by atoms with van der Waals surface area (Å²) in [7, 11) is 4.42. The maximum atomic E-state index is 12.3. The highest BCUT2D eigenvalue weighted by atomic mass is 16.5. The van der Waals surface area contributed by atoms with Crippen LogP contribution in [0.4, 0.5) is 5.82 Å². The first-order chi connectivity index (χ1) is 18.4. The third-order valence-electron chi connectivity index (χ3n) is 9.43. The lowest BCUT2D eigenvalue weighted by Gasteiger charge is -2.46. The fourth-order valence-corrected chi connectivity index (χ4v) is 7.12. The molecule has 8 heteroatoms. The van der Waals surface area contributed by atoms with E-state index in [-0.39, 0.29) is 17.5 Å². The normalized spacial score (nSPS) is 27.4.